The molecule has 1 aromatic carbocycles. The Morgan fingerprint density at radius 1 is 1.23 bits per heavy atom. The van der Waals surface area contributed by atoms with E-state index in [4.69, 9.17) is 10.5 Å². The summed E-state index contributed by atoms with van der Waals surface area (Å²) >= 11 is 0. The zero-order chi connectivity index (χ0) is 16.5. The zero-order valence-electron chi connectivity index (χ0n) is 13.4. The second-order valence-electron chi connectivity index (χ2n) is 5.49. The minimum Gasteiger partial charge on any atom is -0.484 e. The van der Waals surface area contributed by atoms with Crippen LogP contribution in [0.3, 0.4) is 0 Å². The Morgan fingerprint density at radius 2 is 1.86 bits per heavy atom. The first kappa shape index (κ1) is 18.0. The fourth-order valence-corrected chi connectivity index (χ4v) is 1.88. The van der Waals surface area contributed by atoms with Crippen molar-refractivity contribution in [2.24, 2.45) is 11.7 Å². The van der Waals surface area contributed by atoms with Crippen LogP contribution in [0.1, 0.15) is 27.2 Å². The number of nitrogens with one attached hydrogen (secondary N) is 2. The van der Waals surface area contributed by atoms with Crippen LogP contribution in [-0.2, 0) is 9.59 Å². The fraction of sp³-hybridized carbons (Fsp3) is 0.500. The molecular formula is C16H25N3O3. The number of nitrogens with two attached hydrogens (primary N) is 1. The van der Waals surface area contributed by atoms with Crippen molar-refractivity contribution in [3.63, 3.8) is 0 Å². The highest BCUT2D eigenvalue weighted by Gasteiger charge is 2.14. The van der Waals surface area contributed by atoms with E-state index in [1.54, 1.807) is 24.3 Å². The second kappa shape index (κ2) is 9.04. The van der Waals surface area contributed by atoms with Crippen LogP contribution >= 0.6 is 0 Å². The first-order chi connectivity index (χ1) is 10.4. The minimum atomic E-state index is -0.520. The standard InChI is InChI=1S/C16H25N3O3/c1-4-18-15(20)10-22-13-7-5-12(6-8-13)19-16(21)14(17)9-11(2)3/h5-8,11,14H,4,9-10,17H2,1-3H3,(H,18,20)(H,19,21)/t14-/m0/s1. The van der Waals surface area contributed by atoms with Crippen LogP contribution in [0.4, 0.5) is 5.69 Å². The second-order valence-corrected chi connectivity index (χ2v) is 5.49. The maximum Gasteiger partial charge on any atom is 0.257 e. The lowest BCUT2D eigenvalue weighted by Crippen LogP contribution is -2.36. The highest BCUT2D eigenvalue weighted by Crippen LogP contribution is 2.16. The van der Waals surface area contributed by atoms with Crippen molar-refractivity contribution in [1.82, 2.24) is 5.32 Å². The number of ether oxygens (including phenoxy) is 1. The van der Waals surface area contributed by atoms with Crippen molar-refractivity contribution in [3.8, 4) is 5.75 Å². The van der Waals surface area contributed by atoms with Crippen molar-refractivity contribution >= 4 is 17.5 Å². The summed E-state index contributed by atoms with van der Waals surface area (Å²) < 4.78 is 5.33. The molecule has 0 aliphatic heterocycles. The predicted molar refractivity (Wildman–Crippen MR) is 86.7 cm³/mol. The van der Waals surface area contributed by atoms with Crippen LogP contribution in [0.25, 0.3) is 0 Å². The lowest BCUT2D eigenvalue weighted by molar-refractivity contribution is -0.123. The van der Waals surface area contributed by atoms with Gasteiger partial charge in [0.2, 0.25) is 5.91 Å². The van der Waals surface area contributed by atoms with Gasteiger partial charge in [0.1, 0.15) is 5.75 Å². The van der Waals surface area contributed by atoms with Crippen molar-refractivity contribution < 1.29 is 14.3 Å². The van der Waals surface area contributed by atoms with Crippen LogP contribution in [0, 0.1) is 5.92 Å². The van der Waals surface area contributed by atoms with Gasteiger partial charge in [0.25, 0.3) is 5.91 Å². The Morgan fingerprint density at radius 3 is 2.41 bits per heavy atom. The number of rotatable bonds is 8. The van der Waals surface area contributed by atoms with E-state index in [0.29, 0.717) is 30.3 Å². The summed E-state index contributed by atoms with van der Waals surface area (Å²) in [4.78, 5) is 23.2. The summed E-state index contributed by atoms with van der Waals surface area (Å²) in [6.07, 6.45) is 0.638. The van der Waals surface area contributed by atoms with Gasteiger partial charge in [0.05, 0.1) is 6.04 Å². The van der Waals surface area contributed by atoms with E-state index in [9.17, 15) is 9.59 Å². The zero-order valence-corrected chi connectivity index (χ0v) is 13.4. The molecule has 122 valence electrons. The van der Waals surface area contributed by atoms with Gasteiger partial charge in [-0.2, -0.15) is 0 Å². The summed E-state index contributed by atoms with van der Waals surface area (Å²) in [6, 6.07) is 6.31. The number of hydrogen-bond donors (Lipinski definition) is 3. The van der Waals surface area contributed by atoms with Crippen molar-refractivity contribution in [1.29, 1.82) is 0 Å². The van der Waals surface area contributed by atoms with E-state index in [1.807, 2.05) is 20.8 Å². The van der Waals surface area contributed by atoms with Crippen LogP contribution in [0.5, 0.6) is 5.75 Å². The molecule has 6 heteroatoms. The normalized spacial score (nSPS) is 11.9. The van der Waals surface area contributed by atoms with Crippen molar-refractivity contribution in [2.75, 3.05) is 18.5 Å². The van der Waals surface area contributed by atoms with Crippen LogP contribution in [0.2, 0.25) is 0 Å². The largest absolute Gasteiger partial charge is 0.484 e. The van der Waals surface area contributed by atoms with E-state index < -0.39 is 6.04 Å². The predicted octanol–water partition coefficient (Wildman–Crippen LogP) is 1.51. The molecule has 0 saturated heterocycles. The van der Waals surface area contributed by atoms with Crippen LogP contribution in [0.15, 0.2) is 24.3 Å². The Kier molecular flexibility index (Phi) is 7.39. The fourth-order valence-electron chi connectivity index (χ4n) is 1.88. The van der Waals surface area contributed by atoms with E-state index in [1.165, 1.54) is 0 Å². The quantitative estimate of drug-likeness (QED) is 0.678. The van der Waals surface area contributed by atoms with Gasteiger partial charge in [0.15, 0.2) is 6.61 Å². The van der Waals surface area contributed by atoms with Crippen LogP contribution in [-0.4, -0.2) is 31.0 Å². The number of carbonyl (C=O) groups is 2. The van der Waals surface area contributed by atoms with Crippen molar-refractivity contribution in [2.45, 2.75) is 33.2 Å². The number of hydrogen-bond acceptors (Lipinski definition) is 4. The lowest BCUT2D eigenvalue weighted by Gasteiger charge is -2.14. The molecule has 6 nitrogen and oxygen atoms in total. The maximum absolute atomic E-state index is 11.9. The third kappa shape index (κ3) is 6.58. The van der Waals surface area contributed by atoms with Crippen LogP contribution < -0.4 is 21.1 Å². The highest BCUT2D eigenvalue weighted by molar-refractivity contribution is 5.94. The molecule has 0 aliphatic carbocycles. The molecule has 4 N–H and O–H groups in total. The lowest BCUT2D eigenvalue weighted by atomic mass is 10.0. The van der Waals surface area contributed by atoms with Gasteiger partial charge >= 0.3 is 0 Å². The molecule has 0 aliphatic rings. The van der Waals surface area contributed by atoms with Gasteiger partial charge in [0, 0.05) is 12.2 Å². The molecule has 0 saturated carbocycles. The van der Waals surface area contributed by atoms with E-state index in [0.717, 1.165) is 0 Å². The summed E-state index contributed by atoms with van der Waals surface area (Å²) in [7, 11) is 0. The molecule has 0 bridgehead atoms. The van der Waals surface area contributed by atoms with Gasteiger partial charge in [-0.25, -0.2) is 0 Å². The summed E-state index contributed by atoms with van der Waals surface area (Å²) in [6.45, 7) is 6.43. The van der Waals surface area contributed by atoms with E-state index >= 15 is 0 Å². The number of benzene rings is 1. The molecule has 22 heavy (non-hydrogen) atoms. The third-order valence-corrected chi connectivity index (χ3v) is 2.93. The number of likely N-dealkylation sites (N-methyl/N-ethyl adjacent to an activating group) is 1. The first-order valence-corrected chi connectivity index (χ1v) is 7.48. The molecule has 0 radical (unpaired) electrons. The third-order valence-electron chi connectivity index (χ3n) is 2.93. The average molecular weight is 307 g/mol. The van der Waals surface area contributed by atoms with Gasteiger partial charge in [-0.3, -0.25) is 9.59 Å². The van der Waals surface area contributed by atoms with E-state index in [2.05, 4.69) is 10.6 Å². The average Bonchev–Trinajstić information content (AvgIpc) is 2.46. The topological polar surface area (TPSA) is 93.5 Å². The molecule has 2 amide bonds. The Labute approximate surface area is 131 Å². The van der Waals surface area contributed by atoms with Gasteiger partial charge < -0.3 is 21.1 Å². The van der Waals surface area contributed by atoms with Gasteiger partial charge in [-0.1, -0.05) is 13.8 Å². The van der Waals surface area contributed by atoms with Gasteiger partial charge in [-0.15, -0.1) is 0 Å². The highest BCUT2D eigenvalue weighted by atomic mass is 16.5. The molecular weight excluding hydrogens is 282 g/mol. The SMILES string of the molecule is CCNC(=O)COc1ccc(NC(=O)[C@@H](N)CC(C)C)cc1. The summed E-state index contributed by atoms with van der Waals surface area (Å²) in [5.41, 5.74) is 6.47. The molecule has 0 heterocycles. The molecule has 0 unspecified atom stereocenters. The number of amides is 2. The smallest absolute Gasteiger partial charge is 0.257 e. The molecule has 1 atom stereocenters. The summed E-state index contributed by atoms with van der Waals surface area (Å²) in [5, 5.41) is 5.41. The number of anilines is 1. The molecule has 0 aromatic heterocycles. The minimum absolute atomic E-state index is 0.0290. The summed E-state index contributed by atoms with van der Waals surface area (Å²) in [5.74, 6) is 0.561. The first-order valence-electron chi connectivity index (χ1n) is 7.48. The monoisotopic (exact) mass is 307 g/mol. The maximum atomic E-state index is 11.9. The van der Waals surface area contributed by atoms with Gasteiger partial charge in [-0.05, 0) is 43.5 Å². The molecule has 0 fully saturated rings. The Bertz CT molecular complexity index is 486. The number of carbonyl (C=O) groups excluding carboxylic acids is 2. The molecule has 1 rings (SSSR count). The van der Waals surface area contributed by atoms with Crippen molar-refractivity contribution in [3.05, 3.63) is 24.3 Å². The Hall–Kier alpha value is -2.08. The Balaban J connectivity index is 2.47. The van der Waals surface area contributed by atoms with E-state index in [-0.39, 0.29) is 18.4 Å². The molecule has 1 aromatic rings. The molecule has 0 spiro atoms.